The van der Waals surface area contributed by atoms with Gasteiger partial charge in [-0.15, -0.1) is 24.0 Å². The lowest BCUT2D eigenvalue weighted by atomic mass is 9.78. The molecule has 0 bridgehead atoms. The van der Waals surface area contributed by atoms with Crippen LogP contribution in [0.25, 0.3) is 0 Å². The van der Waals surface area contributed by atoms with Gasteiger partial charge in [0, 0.05) is 26.3 Å². The number of hydrogen-bond donors (Lipinski definition) is 2. The highest BCUT2D eigenvalue weighted by Gasteiger charge is 2.34. The Balaban J connectivity index is 0.00000400. The third kappa shape index (κ3) is 8.86. The van der Waals surface area contributed by atoms with Crippen LogP contribution in [0.15, 0.2) is 4.99 Å². The summed E-state index contributed by atoms with van der Waals surface area (Å²) in [6.45, 7) is 9.91. The van der Waals surface area contributed by atoms with Gasteiger partial charge in [-0.05, 0) is 43.9 Å². The average Bonchev–Trinajstić information content (AvgIpc) is 2.84. The SMILES string of the molecule is CCOCCCNC(N)=NCC1(CC(C)C)CCCC1.I. The van der Waals surface area contributed by atoms with Gasteiger partial charge in [0.25, 0.3) is 0 Å². The Hall–Kier alpha value is -0.0400. The maximum Gasteiger partial charge on any atom is 0.188 e. The number of nitrogens with one attached hydrogen (secondary N) is 1. The van der Waals surface area contributed by atoms with Gasteiger partial charge >= 0.3 is 0 Å². The minimum atomic E-state index is 0. The summed E-state index contributed by atoms with van der Waals surface area (Å²) < 4.78 is 5.30. The number of aliphatic imine (C=N–C) groups is 1. The third-order valence-electron chi connectivity index (χ3n) is 4.07. The summed E-state index contributed by atoms with van der Waals surface area (Å²) in [5.74, 6) is 1.33. The highest BCUT2D eigenvalue weighted by atomic mass is 127. The van der Waals surface area contributed by atoms with Crippen molar-refractivity contribution in [3.63, 3.8) is 0 Å². The smallest absolute Gasteiger partial charge is 0.188 e. The van der Waals surface area contributed by atoms with Crippen molar-refractivity contribution in [1.29, 1.82) is 0 Å². The van der Waals surface area contributed by atoms with Crippen molar-refractivity contribution < 1.29 is 4.74 Å². The molecule has 1 aliphatic carbocycles. The molecule has 0 spiro atoms. The predicted molar refractivity (Wildman–Crippen MR) is 101 cm³/mol. The standard InChI is InChI=1S/C16H33N3O.HI/c1-4-20-11-7-10-18-15(17)19-13-16(12-14(2)3)8-5-6-9-16;/h14H,4-13H2,1-3H3,(H3,17,18,19);1H. The molecule has 0 atom stereocenters. The molecule has 0 heterocycles. The number of nitrogens with two attached hydrogens (primary N) is 1. The summed E-state index contributed by atoms with van der Waals surface area (Å²) in [6, 6.07) is 0. The third-order valence-corrected chi connectivity index (χ3v) is 4.07. The second-order valence-corrected chi connectivity index (χ2v) is 6.48. The summed E-state index contributed by atoms with van der Waals surface area (Å²) in [6.07, 6.45) is 7.57. The van der Waals surface area contributed by atoms with Gasteiger partial charge in [0.1, 0.15) is 0 Å². The van der Waals surface area contributed by atoms with Gasteiger partial charge in [-0.3, -0.25) is 4.99 Å². The number of nitrogens with zero attached hydrogens (tertiary/aromatic N) is 1. The van der Waals surface area contributed by atoms with E-state index in [1.54, 1.807) is 0 Å². The zero-order valence-electron chi connectivity index (χ0n) is 14.0. The van der Waals surface area contributed by atoms with Crippen molar-refractivity contribution in [2.24, 2.45) is 22.1 Å². The molecule has 3 N–H and O–H groups in total. The minimum Gasteiger partial charge on any atom is -0.382 e. The number of rotatable bonds is 9. The first-order valence-corrected chi connectivity index (χ1v) is 8.19. The molecule has 1 rings (SSSR count). The van der Waals surface area contributed by atoms with Crippen molar-refractivity contribution in [2.45, 2.75) is 59.3 Å². The van der Waals surface area contributed by atoms with Gasteiger partial charge in [-0.25, -0.2) is 0 Å². The zero-order chi connectivity index (χ0) is 14.8. The van der Waals surface area contributed by atoms with Crippen molar-refractivity contribution in [2.75, 3.05) is 26.3 Å². The maximum absolute atomic E-state index is 5.95. The molecule has 0 radical (unpaired) electrons. The van der Waals surface area contributed by atoms with E-state index in [1.165, 1.54) is 32.1 Å². The van der Waals surface area contributed by atoms with E-state index in [0.29, 0.717) is 11.4 Å². The fourth-order valence-electron chi connectivity index (χ4n) is 3.26. The number of guanidine groups is 1. The second-order valence-electron chi connectivity index (χ2n) is 6.48. The maximum atomic E-state index is 5.95. The molecule has 0 saturated heterocycles. The molecule has 126 valence electrons. The van der Waals surface area contributed by atoms with E-state index in [4.69, 9.17) is 10.5 Å². The number of halogens is 1. The van der Waals surface area contributed by atoms with Crippen LogP contribution >= 0.6 is 24.0 Å². The van der Waals surface area contributed by atoms with Gasteiger partial charge in [-0.2, -0.15) is 0 Å². The van der Waals surface area contributed by atoms with Crippen LogP contribution < -0.4 is 11.1 Å². The van der Waals surface area contributed by atoms with Crippen LogP contribution in [0.5, 0.6) is 0 Å². The van der Waals surface area contributed by atoms with Crippen LogP contribution in [-0.2, 0) is 4.74 Å². The molecule has 0 unspecified atom stereocenters. The Kier molecular flexibility index (Phi) is 11.5. The summed E-state index contributed by atoms with van der Waals surface area (Å²) in [5, 5.41) is 3.18. The molecular formula is C16H34IN3O. The quantitative estimate of drug-likeness (QED) is 0.264. The van der Waals surface area contributed by atoms with Crippen LogP contribution in [0.1, 0.15) is 59.3 Å². The van der Waals surface area contributed by atoms with E-state index in [1.807, 2.05) is 6.92 Å². The van der Waals surface area contributed by atoms with Crippen LogP contribution in [-0.4, -0.2) is 32.3 Å². The predicted octanol–water partition coefficient (Wildman–Crippen LogP) is 3.54. The molecule has 4 nitrogen and oxygen atoms in total. The molecule has 0 aromatic rings. The molecule has 1 aliphatic rings. The second kappa shape index (κ2) is 11.5. The van der Waals surface area contributed by atoms with Gasteiger partial charge in [-0.1, -0.05) is 26.7 Å². The number of ether oxygens (including phenoxy) is 1. The molecule has 0 aromatic carbocycles. The highest BCUT2D eigenvalue weighted by molar-refractivity contribution is 14.0. The van der Waals surface area contributed by atoms with Crippen LogP contribution in [0.2, 0.25) is 0 Å². The van der Waals surface area contributed by atoms with Gasteiger partial charge in [0.05, 0.1) is 0 Å². The fourth-order valence-corrected chi connectivity index (χ4v) is 3.26. The Morgan fingerprint density at radius 3 is 2.57 bits per heavy atom. The highest BCUT2D eigenvalue weighted by Crippen LogP contribution is 2.43. The van der Waals surface area contributed by atoms with E-state index in [-0.39, 0.29) is 24.0 Å². The van der Waals surface area contributed by atoms with E-state index < -0.39 is 0 Å². The minimum absolute atomic E-state index is 0. The summed E-state index contributed by atoms with van der Waals surface area (Å²) in [4.78, 5) is 4.59. The molecular weight excluding hydrogens is 377 g/mol. The van der Waals surface area contributed by atoms with Crippen LogP contribution in [0.3, 0.4) is 0 Å². The molecule has 0 aliphatic heterocycles. The largest absolute Gasteiger partial charge is 0.382 e. The normalized spacial score (nSPS) is 17.8. The van der Waals surface area contributed by atoms with E-state index >= 15 is 0 Å². The zero-order valence-corrected chi connectivity index (χ0v) is 16.3. The molecule has 1 saturated carbocycles. The topological polar surface area (TPSA) is 59.6 Å². The average molecular weight is 411 g/mol. The van der Waals surface area contributed by atoms with Crippen LogP contribution in [0, 0.1) is 11.3 Å². The molecule has 5 heteroatoms. The Labute approximate surface area is 147 Å². The van der Waals surface area contributed by atoms with Crippen molar-refractivity contribution in [3.05, 3.63) is 0 Å². The van der Waals surface area contributed by atoms with E-state index in [0.717, 1.165) is 38.6 Å². The molecule has 1 fully saturated rings. The lowest BCUT2D eigenvalue weighted by Crippen LogP contribution is -2.34. The Morgan fingerprint density at radius 2 is 2.00 bits per heavy atom. The Morgan fingerprint density at radius 1 is 1.33 bits per heavy atom. The van der Waals surface area contributed by atoms with E-state index in [9.17, 15) is 0 Å². The van der Waals surface area contributed by atoms with E-state index in [2.05, 4.69) is 24.2 Å². The van der Waals surface area contributed by atoms with Gasteiger partial charge in [0.15, 0.2) is 5.96 Å². The monoisotopic (exact) mass is 411 g/mol. The first kappa shape index (κ1) is 21.0. The van der Waals surface area contributed by atoms with Crippen LogP contribution in [0.4, 0.5) is 0 Å². The summed E-state index contributed by atoms with van der Waals surface area (Å²) in [7, 11) is 0. The lowest BCUT2D eigenvalue weighted by molar-refractivity contribution is 0.145. The molecule has 21 heavy (non-hydrogen) atoms. The fraction of sp³-hybridized carbons (Fsp3) is 0.938. The first-order chi connectivity index (χ1) is 9.58. The molecule has 0 amide bonds. The van der Waals surface area contributed by atoms with Crippen molar-refractivity contribution in [1.82, 2.24) is 5.32 Å². The lowest BCUT2D eigenvalue weighted by Gasteiger charge is -2.29. The number of hydrogen-bond acceptors (Lipinski definition) is 2. The Bertz CT molecular complexity index is 289. The summed E-state index contributed by atoms with van der Waals surface area (Å²) >= 11 is 0. The molecule has 0 aromatic heterocycles. The summed E-state index contributed by atoms with van der Waals surface area (Å²) in [5.41, 5.74) is 6.36. The van der Waals surface area contributed by atoms with Gasteiger partial charge in [0.2, 0.25) is 0 Å². The van der Waals surface area contributed by atoms with Crippen molar-refractivity contribution in [3.8, 4) is 0 Å². The van der Waals surface area contributed by atoms with Crippen molar-refractivity contribution >= 4 is 29.9 Å². The van der Waals surface area contributed by atoms with Gasteiger partial charge < -0.3 is 15.8 Å². The first-order valence-electron chi connectivity index (χ1n) is 8.19.